The van der Waals surface area contributed by atoms with Crippen LogP contribution in [0.25, 0.3) is 0 Å². The SMILES string of the molecule is C[N+]12CCC(CC1)C1=C[C@H](O)CC[C@H]12. The zero-order valence-electron chi connectivity index (χ0n) is 8.95. The van der Waals surface area contributed by atoms with Gasteiger partial charge in [0.05, 0.1) is 26.2 Å². The third-order valence-electron chi connectivity index (χ3n) is 4.71. The lowest BCUT2D eigenvalue weighted by molar-refractivity contribution is -0.941. The standard InChI is InChI=1S/C12H20NO/c1-13-6-4-9(5-7-13)11-8-10(14)2-3-12(11)13/h8-10,12,14H,2-7H2,1H3/q+1/t9?,10-,12-,13?/m1/s1. The molecule has 3 heterocycles. The summed E-state index contributed by atoms with van der Waals surface area (Å²) in [6.07, 6.45) is 6.92. The Morgan fingerprint density at radius 3 is 2.64 bits per heavy atom. The second kappa shape index (κ2) is 2.83. The minimum Gasteiger partial charge on any atom is -0.389 e. The monoisotopic (exact) mass is 194 g/mol. The van der Waals surface area contributed by atoms with Crippen molar-refractivity contribution in [3.63, 3.8) is 0 Å². The average molecular weight is 194 g/mol. The second-order valence-corrected chi connectivity index (χ2v) is 5.53. The van der Waals surface area contributed by atoms with E-state index < -0.39 is 0 Å². The van der Waals surface area contributed by atoms with Gasteiger partial charge in [0.25, 0.3) is 0 Å². The van der Waals surface area contributed by atoms with Crippen molar-refractivity contribution in [2.45, 2.75) is 37.8 Å². The highest BCUT2D eigenvalue weighted by Gasteiger charge is 2.48. The molecule has 1 aliphatic carbocycles. The lowest BCUT2D eigenvalue weighted by Crippen LogP contribution is -2.63. The van der Waals surface area contributed by atoms with Crippen LogP contribution in [-0.2, 0) is 0 Å². The lowest BCUT2D eigenvalue weighted by Gasteiger charge is -2.55. The van der Waals surface area contributed by atoms with E-state index in [0.717, 1.165) is 18.4 Å². The van der Waals surface area contributed by atoms with Crippen molar-refractivity contribution in [1.82, 2.24) is 0 Å². The van der Waals surface area contributed by atoms with Gasteiger partial charge in [0, 0.05) is 19.3 Å². The van der Waals surface area contributed by atoms with Gasteiger partial charge < -0.3 is 9.59 Å². The first kappa shape index (κ1) is 8.93. The van der Waals surface area contributed by atoms with Crippen LogP contribution in [0.2, 0.25) is 0 Å². The largest absolute Gasteiger partial charge is 0.389 e. The molecule has 0 aromatic rings. The molecular formula is C12H20NO+. The van der Waals surface area contributed by atoms with Crippen molar-refractivity contribution in [3.8, 4) is 0 Å². The molecule has 4 aliphatic rings. The molecule has 3 fully saturated rings. The molecule has 0 spiro atoms. The van der Waals surface area contributed by atoms with E-state index in [9.17, 15) is 5.11 Å². The summed E-state index contributed by atoms with van der Waals surface area (Å²) in [5, 5.41) is 9.68. The zero-order valence-corrected chi connectivity index (χ0v) is 8.95. The minimum atomic E-state index is -0.145. The van der Waals surface area contributed by atoms with Gasteiger partial charge in [-0.2, -0.15) is 0 Å². The summed E-state index contributed by atoms with van der Waals surface area (Å²) in [6.45, 7) is 2.73. The van der Waals surface area contributed by atoms with Gasteiger partial charge in [0.15, 0.2) is 0 Å². The zero-order chi connectivity index (χ0) is 9.76. The molecule has 0 aromatic carbocycles. The van der Waals surface area contributed by atoms with E-state index in [1.54, 1.807) is 5.57 Å². The molecule has 0 amide bonds. The third-order valence-corrected chi connectivity index (χ3v) is 4.71. The maximum absolute atomic E-state index is 9.68. The molecule has 2 heteroatoms. The van der Waals surface area contributed by atoms with E-state index in [1.165, 1.54) is 36.8 Å². The van der Waals surface area contributed by atoms with E-state index in [4.69, 9.17) is 0 Å². The van der Waals surface area contributed by atoms with Gasteiger partial charge in [-0.15, -0.1) is 0 Å². The minimum absolute atomic E-state index is 0.145. The van der Waals surface area contributed by atoms with Crippen molar-refractivity contribution in [1.29, 1.82) is 0 Å². The van der Waals surface area contributed by atoms with Crippen molar-refractivity contribution in [3.05, 3.63) is 11.6 Å². The molecule has 3 saturated heterocycles. The molecule has 4 rings (SSSR count). The Morgan fingerprint density at radius 1 is 1.21 bits per heavy atom. The molecule has 0 unspecified atom stereocenters. The van der Waals surface area contributed by atoms with Crippen LogP contribution in [-0.4, -0.2) is 41.9 Å². The number of rotatable bonds is 0. The Kier molecular flexibility index (Phi) is 1.80. The smallest absolute Gasteiger partial charge is 0.111 e. The first-order valence-electron chi connectivity index (χ1n) is 5.93. The van der Waals surface area contributed by atoms with Crippen LogP contribution >= 0.6 is 0 Å². The summed E-state index contributed by atoms with van der Waals surface area (Å²) in [5.41, 5.74) is 1.60. The first-order chi connectivity index (χ1) is 6.69. The quantitative estimate of drug-likeness (QED) is 0.455. The number of fused-ring (bicyclic) bond motifs is 2. The van der Waals surface area contributed by atoms with Gasteiger partial charge in [0.2, 0.25) is 0 Å². The van der Waals surface area contributed by atoms with Crippen LogP contribution in [0.3, 0.4) is 0 Å². The Balaban J connectivity index is 1.99. The topological polar surface area (TPSA) is 20.2 Å². The maximum atomic E-state index is 9.68. The lowest BCUT2D eigenvalue weighted by atomic mass is 9.72. The summed E-state index contributed by atoms with van der Waals surface area (Å²) in [6, 6.07) is 0.755. The first-order valence-corrected chi connectivity index (χ1v) is 5.93. The average Bonchev–Trinajstić information content (AvgIpc) is 2.18. The Hall–Kier alpha value is -0.340. The summed E-state index contributed by atoms with van der Waals surface area (Å²) < 4.78 is 1.26. The van der Waals surface area contributed by atoms with Gasteiger partial charge in [-0.05, 0) is 17.9 Å². The van der Waals surface area contributed by atoms with E-state index in [-0.39, 0.29) is 6.10 Å². The predicted molar refractivity (Wildman–Crippen MR) is 55.8 cm³/mol. The van der Waals surface area contributed by atoms with Gasteiger partial charge in [-0.3, -0.25) is 0 Å². The molecular weight excluding hydrogens is 174 g/mol. The Labute approximate surface area is 85.8 Å². The maximum Gasteiger partial charge on any atom is 0.111 e. The molecule has 0 radical (unpaired) electrons. The Morgan fingerprint density at radius 2 is 1.93 bits per heavy atom. The highest BCUT2D eigenvalue weighted by Crippen LogP contribution is 2.44. The highest BCUT2D eigenvalue weighted by atomic mass is 16.3. The van der Waals surface area contributed by atoms with E-state index in [0.29, 0.717) is 0 Å². The molecule has 0 aromatic heterocycles. The molecule has 2 atom stereocenters. The van der Waals surface area contributed by atoms with Crippen molar-refractivity contribution >= 4 is 0 Å². The number of piperidine rings is 3. The van der Waals surface area contributed by atoms with Crippen LogP contribution in [0.15, 0.2) is 11.6 Å². The summed E-state index contributed by atoms with van der Waals surface area (Å²) in [7, 11) is 2.41. The molecule has 78 valence electrons. The number of aliphatic hydroxyl groups is 1. The molecule has 0 saturated carbocycles. The third kappa shape index (κ3) is 1.10. The van der Waals surface area contributed by atoms with Crippen LogP contribution in [0.5, 0.6) is 0 Å². The molecule has 1 N–H and O–H groups in total. The predicted octanol–water partition coefficient (Wildman–Crippen LogP) is 1.31. The number of likely N-dealkylation sites (N-methyl/N-ethyl adjacent to an activating group) is 1. The van der Waals surface area contributed by atoms with E-state index >= 15 is 0 Å². The second-order valence-electron chi connectivity index (χ2n) is 5.53. The van der Waals surface area contributed by atoms with Crippen LogP contribution in [0.4, 0.5) is 0 Å². The van der Waals surface area contributed by atoms with Crippen molar-refractivity contribution < 1.29 is 9.59 Å². The van der Waals surface area contributed by atoms with Crippen molar-refractivity contribution in [2.75, 3.05) is 20.1 Å². The van der Waals surface area contributed by atoms with Gasteiger partial charge in [0.1, 0.15) is 6.04 Å². The number of aliphatic hydroxyl groups excluding tert-OH is 1. The fourth-order valence-corrected chi connectivity index (χ4v) is 3.79. The Bertz CT molecular complexity index is 276. The molecule has 2 bridgehead atoms. The number of hydrogen-bond acceptors (Lipinski definition) is 1. The van der Waals surface area contributed by atoms with Crippen LogP contribution < -0.4 is 0 Å². The fraction of sp³-hybridized carbons (Fsp3) is 0.833. The van der Waals surface area contributed by atoms with Gasteiger partial charge in [-0.1, -0.05) is 6.08 Å². The number of quaternary nitrogens is 1. The van der Waals surface area contributed by atoms with Gasteiger partial charge in [-0.25, -0.2) is 0 Å². The van der Waals surface area contributed by atoms with Gasteiger partial charge >= 0.3 is 0 Å². The molecule has 2 nitrogen and oxygen atoms in total. The summed E-state index contributed by atoms with van der Waals surface area (Å²) >= 11 is 0. The number of nitrogens with zero attached hydrogens (tertiary/aromatic N) is 1. The van der Waals surface area contributed by atoms with E-state index in [1.807, 2.05) is 0 Å². The van der Waals surface area contributed by atoms with Crippen LogP contribution in [0.1, 0.15) is 25.7 Å². The fourth-order valence-electron chi connectivity index (χ4n) is 3.79. The number of hydrogen-bond donors (Lipinski definition) is 1. The van der Waals surface area contributed by atoms with E-state index in [2.05, 4.69) is 13.1 Å². The normalized spacial score (nSPS) is 51.3. The summed E-state index contributed by atoms with van der Waals surface area (Å²) in [5.74, 6) is 0.815. The van der Waals surface area contributed by atoms with Crippen molar-refractivity contribution in [2.24, 2.45) is 5.92 Å². The summed E-state index contributed by atoms with van der Waals surface area (Å²) in [4.78, 5) is 0. The molecule has 3 aliphatic heterocycles. The molecule has 14 heavy (non-hydrogen) atoms. The van der Waals surface area contributed by atoms with Crippen LogP contribution in [0, 0.1) is 5.92 Å². The highest BCUT2D eigenvalue weighted by molar-refractivity contribution is 5.21.